The number of benzene rings is 5. The van der Waals surface area contributed by atoms with Gasteiger partial charge in [-0.05, 0) is 55.9 Å². The summed E-state index contributed by atoms with van der Waals surface area (Å²) in [6.07, 6.45) is 0. The Morgan fingerprint density at radius 1 is 0.350 bits per heavy atom. The van der Waals surface area contributed by atoms with E-state index in [1.807, 2.05) is 0 Å². The van der Waals surface area contributed by atoms with Crippen molar-refractivity contribution in [3.63, 3.8) is 0 Å². The SMILES string of the molecule is Bc1c(B)c(B)c(-c2c3c(B)c(B)c(B)c(B)c3c(-c3cccc(Br)c3)c3c(B)c(B)c(B)c(B)c23)c(B)c1B. The van der Waals surface area contributed by atoms with E-state index in [9.17, 15) is 0 Å². The fraction of sp³-hybridized carbons (Fsp3) is 0. The normalized spacial score (nSPS) is 11.4. The highest BCUT2D eigenvalue weighted by molar-refractivity contribution is 9.10. The second kappa shape index (κ2) is 10.3. The first-order valence-electron chi connectivity index (χ1n) is 14.5. The highest BCUT2D eigenvalue weighted by atomic mass is 79.9. The number of fused-ring (bicyclic) bond motifs is 2. The lowest BCUT2D eigenvalue weighted by atomic mass is 9.56. The molecule has 0 atom stereocenters. The summed E-state index contributed by atoms with van der Waals surface area (Å²) in [6, 6.07) is 8.91. The molecule has 5 rings (SSSR count). The molecule has 0 aliphatic rings. The first-order chi connectivity index (χ1) is 18.7. The molecular formula is C26H30B13Br. The van der Waals surface area contributed by atoms with Crippen molar-refractivity contribution in [2.75, 3.05) is 0 Å². The van der Waals surface area contributed by atoms with Gasteiger partial charge in [-0.2, -0.15) is 0 Å². The van der Waals surface area contributed by atoms with Crippen molar-refractivity contribution in [1.82, 2.24) is 0 Å². The van der Waals surface area contributed by atoms with Crippen LogP contribution in [0.5, 0.6) is 0 Å². The maximum atomic E-state index is 3.80. The Labute approximate surface area is 260 Å². The van der Waals surface area contributed by atoms with Crippen LogP contribution in [-0.4, -0.2) is 102 Å². The zero-order valence-corrected chi connectivity index (χ0v) is 28.3. The van der Waals surface area contributed by atoms with Crippen molar-refractivity contribution in [3.8, 4) is 22.3 Å². The molecule has 0 unspecified atom stereocenters. The summed E-state index contributed by atoms with van der Waals surface area (Å²) in [5.74, 6) is 0. The minimum absolute atomic E-state index is 1.11. The number of hydrogen-bond acceptors (Lipinski definition) is 0. The van der Waals surface area contributed by atoms with Gasteiger partial charge in [0.2, 0.25) is 0 Å². The van der Waals surface area contributed by atoms with Gasteiger partial charge in [-0.1, -0.05) is 60.8 Å². The molecule has 180 valence electrons. The van der Waals surface area contributed by atoms with E-state index >= 15 is 0 Å². The molecule has 0 N–H and O–H groups in total. The fourth-order valence-electron chi connectivity index (χ4n) is 7.18. The van der Waals surface area contributed by atoms with Gasteiger partial charge in [-0.15, -0.1) is 38.2 Å². The molecule has 0 amide bonds. The molecule has 0 fully saturated rings. The van der Waals surface area contributed by atoms with E-state index in [0.717, 1.165) is 4.47 Å². The van der Waals surface area contributed by atoms with Crippen LogP contribution in [0.25, 0.3) is 43.8 Å². The smallest absolute Gasteiger partial charge is 0.102 e. The van der Waals surface area contributed by atoms with Gasteiger partial charge in [0.1, 0.15) is 102 Å². The first kappa shape index (κ1) is 29.4. The average molecular weight is 563 g/mol. The molecule has 14 heteroatoms. The highest BCUT2D eigenvalue weighted by Gasteiger charge is 2.27. The molecule has 0 spiro atoms. The van der Waals surface area contributed by atoms with Gasteiger partial charge in [0.05, 0.1) is 0 Å². The van der Waals surface area contributed by atoms with Crippen molar-refractivity contribution < 1.29 is 0 Å². The Morgan fingerprint density at radius 2 is 0.675 bits per heavy atom. The van der Waals surface area contributed by atoms with Crippen LogP contribution < -0.4 is 71.0 Å². The lowest BCUT2D eigenvalue weighted by Gasteiger charge is -2.30. The predicted octanol–water partition coefficient (Wildman–Crippen LogP) is -14.6. The summed E-state index contributed by atoms with van der Waals surface area (Å²) in [7, 11) is 30.2. The van der Waals surface area contributed by atoms with E-state index in [0.29, 0.717) is 0 Å². The van der Waals surface area contributed by atoms with Crippen LogP contribution >= 0.6 is 15.9 Å². The number of hydrogen-bond donors (Lipinski definition) is 0. The van der Waals surface area contributed by atoms with Crippen molar-refractivity contribution in [1.29, 1.82) is 0 Å². The summed E-state index contributed by atoms with van der Waals surface area (Å²) in [5.41, 5.74) is 23.7. The minimum atomic E-state index is 1.11. The van der Waals surface area contributed by atoms with E-state index in [1.165, 1.54) is 115 Å². The zero-order chi connectivity index (χ0) is 29.5. The van der Waals surface area contributed by atoms with Crippen LogP contribution in [-0.2, 0) is 0 Å². The molecule has 0 aliphatic heterocycles. The van der Waals surface area contributed by atoms with Crippen LogP contribution in [0.15, 0.2) is 28.7 Å². The van der Waals surface area contributed by atoms with Crippen LogP contribution in [0, 0.1) is 0 Å². The van der Waals surface area contributed by atoms with Gasteiger partial charge >= 0.3 is 0 Å². The summed E-state index contributed by atoms with van der Waals surface area (Å²) >= 11 is 3.80. The maximum absolute atomic E-state index is 3.80. The van der Waals surface area contributed by atoms with Gasteiger partial charge in [0, 0.05) is 4.47 Å². The molecule has 0 nitrogen and oxygen atoms in total. The minimum Gasteiger partial charge on any atom is -0.102 e. The fourth-order valence-corrected chi connectivity index (χ4v) is 7.58. The van der Waals surface area contributed by atoms with Crippen molar-refractivity contribution >= 4 is 210 Å². The third-order valence-corrected chi connectivity index (χ3v) is 11.2. The standard InChI is InChI=1S/C26H30B13Br/c27-14-9-7(5-2-1-3-6(40)4-5)10-12(17(30)23(36)21(34)15(10)28)8(11(9)16(29)22(35)20(14)33)13-18(31)24(37)26(39)25(38)19(13)32/h1-4H,27-39H2. The maximum Gasteiger partial charge on any atom is 0.139 e. The molecule has 0 heterocycles. The molecule has 0 aromatic heterocycles. The third-order valence-electron chi connectivity index (χ3n) is 10.7. The second-order valence-corrected chi connectivity index (χ2v) is 13.2. The zero-order valence-electron chi connectivity index (χ0n) is 26.7. The van der Waals surface area contributed by atoms with Gasteiger partial charge < -0.3 is 0 Å². The van der Waals surface area contributed by atoms with E-state index in [-0.39, 0.29) is 0 Å². The van der Waals surface area contributed by atoms with Crippen LogP contribution in [0.3, 0.4) is 0 Å². The molecular weight excluding hydrogens is 533 g/mol. The molecule has 5 aromatic rings. The first-order valence-corrected chi connectivity index (χ1v) is 15.3. The Balaban J connectivity index is 2.30. The quantitative estimate of drug-likeness (QED) is 0.148. The summed E-state index contributed by atoms with van der Waals surface area (Å²) < 4.78 is 1.11. The van der Waals surface area contributed by atoms with Gasteiger partial charge in [-0.3, -0.25) is 0 Å². The molecule has 0 bridgehead atoms. The molecule has 0 aliphatic carbocycles. The summed E-state index contributed by atoms with van der Waals surface area (Å²) in [6.45, 7) is 0. The van der Waals surface area contributed by atoms with Gasteiger partial charge in [-0.25, -0.2) is 0 Å². The molecule has 5 aromatic carbocycles. The molecule has 0 saturated heterocycles. The van der Waals surface area contributed by atoms with E-state index in [1.54, 1.807) is 0 Å². The van der Waals surface area contributed by atoms with Crippen molar-refractivity contribution in [2.24, 2.45) is 0 Å². The summed E-state index contributed by atoms with van der Waals surface area (Å²) in [4.78, 5) is 0. The Bertz CT molecular complexity index is 1840. The van der Waals surface area contributed by atoms with E-state index in [4.69, 9.17) is 0 Å². The highest BCUT2D eigenvalue weighted by Crippen LogP contribution is 2.40. The van der Waals surface area contributed by atoms with Crippen LogP contribution in [0.2, 0.25) is 0 Å². The number of halogens is 1. The van der Waals surface area contributed by atoms with Crippen LogP contribution in [0.4, 0.5) is 0 Å². The van der Waals surface area contributed by atoms with E-state index in [2.05, 4.69) is 142 Å². The van der Waals surface area contributed by atoms with Crippen LogP contribution in [0.1, 0.15) is 0 Å². The summed E-state index contributed by atoms with van der Waals surface area (Å²) in [5, 5.41) is 5.65. The Hall–Kier alpha value is -2.06. The Kier molecular flexibility index (Phi) is 7.61. The van der Waals surface area contributed by atoms with Gasteiger partial charge in [0.25, 0.3) is 0 Å². The molecule has 0 radical (unpaired) electrons. The number of rotatable bonds is 2. The third kappa shape index (κ3) is 4.06. The topological polar surface area (TPSA) is 0 Å². The second-order valence-electron chi connectivity index (χ2n) is 12.3. The van der Waals surface area contributed by atoms with Crippen molar-refractivity contribution in [2.45, 2.75) is 0 Å². The lowest BCUT2D eigenvalue weighted by Crippen LogP contribution is -2.55. The molecule has 40 heavy (non-hydrogen) atoms. The van der Waals surface area contributed by atoms with Gasteiger partial charge in [0.15, 0.2) is 0 Å². The monoisotopic (exact) mass is 564 g/mol. The Morgan fingerprint density at radius 3 is 1.05 bits per heavy atom. The average Bonchev–Trinajstić information content (AvgIpc) is 2.93. The van der Waals surface area contributed by atoms with E-state index < -0.39 is 0 Å². The largest absolute Gasteiger partial charge is 0.139 e. The predicted molar refractivity (Wildman–Crippen MR) is 226 cm³/mol. The molecule has 0 saturated carbocycles. The van der Waals surface area contributed by atoms with Crippen molar-refractivity contribution in [3.05, 3.63) is 28.7 Å². The lowest BCUT2D eigenvalue weighted by molar-refractivity contribution is 1.64.